The van der Waals surface area contributed by atoms with E-state index in [-0.39, 0.29) is 11.7 Å². The van der Waals surface area contributed by atoms with Gasteiger partial charge in [-0.05, 0) is 42.2 Å². The van der Waals surface area contributed by atoms with E-state index in [1.54, 1.807) is 12.1 Å². The van der Waals surface area contributed by atoms with E-state index in [1.807, 2.05) is 24.3 Å². The molecule has 0 bridgehead atoms. The van der Waals surface area contributed by atoms with Crippen molar-refractivity contribution in [3.63, 3.8) is 0 Å². The number of hydrogen-bond donors (Lipinski definition) is 2. The molecule has 1 atom stereocenters. The third kappa shape index (κ3) is 4.08. The molecular formula is C18H21N5O2S. The van der Waals surface area contributed by atoms with E-state index in [1.165, 1.54) is 28.3 Å². The van der Waals surface area contributed by atoms with Gasteiger partial charge < -0.3 is 15.6 Å². The predicted molar refractivity (Wildman–Crippen MR) is 102 cm³/mol. The summed E-state index contributed by atoms with van der Waals surface area (Å²) in [6.07, 6.45) is 2.62. The highest BCUT2D eigenvalue weighted by molar-refractivity contribution is 7.99. The molecule has 26 heavy (non-hydrogen) atoms. The van der Waals surface area contributed by atoms with Gasteiger partial charge in [0.1, 0.15) is 0 Å². The summed E-state index contributed by atoms with van der Waals surface area (Å²) < 4.78 is 6.58. The average molecular weight is 371 g/mol. The molecule has 0 saturated carbocycles. The summed E-state index contributed by atoms with van der Waals surface area (Å²) in [7, 11) is 0. The van der Waals surface area contributed by atoms with Crippen LogP contribution in [0, 0.1) is 0 Å². The fraction of sp³-hybridized carbons (Fsp3) is 0.278. The standard InChI is InChI=1S/C18H21N5O2S/c1-3-12(2)13-6-8-14(9-7-13)20-16(24)11-26-18-22-21-17(23(18)19)15-5-4-10-25-15/h4-10,12H,3,11,19H2,1-2H3,(H,20,24)/t12-/m1/s1. The Labute approximate surface area is 156 Å². The Kier molecular flexibility index (Phi) is 5.62. The fourth-order valence-electron chi connectivity index (χ4n) is 2.41. The number of benzene rings is 1. The van der Waals surface area contributed by atoms with Crippen molar-refractivity contribution in [2.24, 2.45) is 0 Å². The molecule has 3 rings (SSSR count). The Bertz CT molecular complexity index is 858. The summed E-state index contributed by atoms with van der Waals surface area (Å²) in [5.41, 5.74) is 2.04. The van der Waals surface area contributed by atoms with Gasteiger partial charge in [0.15, 0.2) is 5.76 Å². The Morgan fingerprint density at radius 2 is 2.08 bits per heavy atom. The Balaban J connectivity index is 1.56. The Hall–Kier alpha value is -2.74. The maximum Gasteiger partial charge on any atom is 0.234 e. The number of aromatic nitrogens is 3. The number of nitrogen functional groups attached to an aromatic ring is 1. The normalized spacial score (nSPS) is 12.1. The quantitative estimate of drug-likeness (QED) is 0.487. The first-order valence-electron chi connectivity index (χ1n) is 8.35. The molecule has 1 amide bonds. The van der Waals surface area contributed by atoms with Gasteiger partial charge in [-0.25, -0.2) is 4.68 Å². The van der Waals surface area contributed by atoms with Crippen molar-refractivity contribution in [1.82, 2.24) is 14.9 Å². The largest absolute Gasteiger partial charge is 0.461 e. The SMILES string of the molecule is CC[C@@H](C)c1ccc(NC(=O)CSc2nnc(-c3ccco3)n2N)cc1. The van der Waals surface area contributed by atoms with Crippen LogP contribution in [0.4, 0.5) is 5.69 Å². The molecule has 0 aliphatic heterocycles. The van der Waals surface area contributed by atoms with Crippen LogP contribution in [0.3, 0.4) is 0 Å². The van der Waals surface area contributed by atoms with Gasteiger partial charge in [-0.1, -0.05) is 37.7 Å². The number of amides is 1. The molecule has 0 fully saturated rings. The second-order valence-electron chi connectivity index (χ2n) is 5.92. The smallest absolute Gasteiger partial charge is 0.234 e. The minimum atomic E-state index is -0.131. The van der Waals surface area contributed by atoms with Crippen LogP contribution in [-0.2, 0) is 4.79 Å². The van der Waals surface area contributed by atoms with Crippen molar-refractivity contribution >= 4 is 23.4 Å². The maximum absolute atomic E-state index is 12.2. The molecular weight excluding hydrogens is 350 g/mol. The summed E-state index contributed by atoms with van der Waals surface area (Å²) in [4.78, 5) is 12.2. The molecule has 136 valence electrons. The lowest BCUT2D eigenvalue weighted by Crippen LogP contribution is -2.16. The Morgan fingerprint density at radius 1 is 1.31 bits per heavy atom. The Morgan fingerprint density at radius 3 is 2.73 bits per heavy atom. The number of carbonyl (C=O) groups excluding carboxylic acids is 1. The lowest BCUT2D eigenvalue weighted by molar-refractivity contribution is -0.113. The third-order valence-electron chi connectivity index (χ3n) is 4.11. The van der Waals surface area contributed by atoms with Crippen LogP contribution in [0.15, 0.2) is 52.2 Å². The number of nitrogens with one attached hydrogen (secondary N) is 1. The topological polar surface area (TPSA) is 99.0 Å². The number of rotatable bonds is 7. The van der Waals surface area contributed by atoms with E-state index in [0.29, 0.717) is 22.7 Å². The third-order valence-corrected chi connectivity index (χ3v) is 5.06. The molecule has 7 nitrogen and oxygen atoms in total. The first-order chi connectivity index (χ1) is 12.6. The van der Waals surface area contributed by atoms with Crippen LogP contribution in [0.5, 0.6) is 0 Å². The van der Waals surface area contributed by atoms with Crippen molar-refractivity contribution in [2.45, 2.75) is 31.3 Å². The van der Waals surface area contributed by atoms with Gasteiger partial charge in [-0.15, -0.1) is 10.2 Å². The van der Waals surface area contributed by atoms with Gasteiger partial charge in [0, 0.05) is 5.69 Å². The molecule has 1 aromatic carbocycles. The summed E-state index contributed by atoms with van der Waals surface area (Å²) in [6.45, 7) is 4.34. The van der Waals surface area contributed by atoms with Gasteiger partial charge >= 0.3 is 0 Å². The molecule has 2 heterocycles. The van der Waals surface area contributed by atoms with Crippen LogP contribution >= 0.6 is 11.8 Å². The van der Waals surface area contributed by atoms with Gasteiger partial charge in [0.2, 0.25) is 16.9 Å². The van der Waals surface area contributed by atoms with Crippen molar-refractivity contribution in [1.29, 1.82) is 0 Å². The molecule has 0 unspecified atom stereocenters. The predicted octanol–water partition coefficient (Wildman–Crippen LogP) is 3.50. The second-order valence-corrected chi connectivity index (χ2v) is 6.86. The van der Waals surface area contributed by atoms with Crippen LogP contribution in [0.25, 0.3) is 11.6 Å². The zero-order chi connectivity index (χ0) is 18.5. The summed E-state index contributed by atoms with van der Waals surface area (Å²) in [5, 5.41) is 11.3. The van der Waals surface area contributed by atoms with Crippen molar-refractivity contribution in [3.05, 3.63) is 48.2 Å². The van der Waals surface area contributed by atoms with E-state index in [0.717, 1.165) is 12.1 Å². The van der Waals surface area contributed by atoms with E-state index >= 15 is 0 Å². The van der Waals surface area contributed by atoms with Gasteiger partial charge in [-0.2, -0.15) is 0 Å². The number of nitrogens with zero attached hydrogens (tertiary/aromatic N) is 3. The average Bonchev–Trinajstić information content (AvgIpc) is 3.29. The molecule has 0 saturated heterocycles. The van der Waals surface area contributed by atoms with Crippen molar-refractivity contribution in [2.75, 3.05) is 16.9 Å². The summed E-state index contributed by atoms with van der Waals surface area (Å²) >= 11 is 1.21. The molecule has 0 aliphatic rings. The van der Waals surface area contributed by atoms with E-state index in [9.17, 15) is 4.79 Å². The minimum absolute atomic E-state index is 0.131. The van der Waals surface area contributed by atoms with Crippen LogP contribution in [-0.4, -0.2) is 26.5 Å². The zero-order valence-corrected chi connectivity index (χ0v) is 15.5. The molecule has 0 aliphatic carbocycles. The fourth-order valence-corrected chi connectivity index (χ4v) is 3.06. The van der Waals surface area contributed by atoms with E-state index in [4.69, 9.17) is 10.3 Å². The minimum Gasteiger partial charge on any atom is -0.461 e. The maximum atomic E-state index is 12.2. The summed E-state index contributed by atoms with van der Waals surface area (Å²) in [6, 6.07) is 11.4. The number of anilines is 1. The number of thioether (sulfide) groups is 1. The molecule has 3 N–H and O–H groups in total. The highest BCUT2D eigenvalue weighted by Gasteiger charge is 2.15. The first-order valence-corrected chi connectivity index (χ1v) is 9.34. The second kappa shape index (κ2) is 8.09. The lowest BCUT2D eigenvalue weighted by Gasteiger charge is -2.10. The molecule has 3 aromatic rings. The van der Waals surface area contributed by atoms with Crippen LogP contribution < -0.4 is 11.2 Å². The van der Waals surface area contributed by atoms with Crippen molar-refractivity contribution < 1.29 is 9.21 Å². The van der Waals surface area contributed by atoms with Gasteiger partial charge in [0.05, 0.1) is 12.0 Å². The molecule has 0 spiro atoms. The van der Waals surface area contributed by atoms with Gasteiger partial charge in [-0.3, -0.25) is 4.79 Å². The number of carbonyl (C=O) groups is 1. The molecule has 8 heteroatoms. The van der Waals surface area contributed by atoms with E-state index in [2.05, 4.69) is 29.4 Å². The number of nitrogens with two attached hydrogens (primary N) is 1. The van der Waals surface area contributed by atoms with Crippen molar-refractivity contribution in [3.8, 4) is 11.6 Å². The van der Waals surface area contributed by atoms with Gasteiger partial charge in [0.25, 0.3) is 0 Å². The van der Waals surface area contributed by atoms with E-state index < -0.39 is 0 Å². The highest BCUT2D eigenvalue weighted by Crippen LogP contribution is 2.23. The number of hydrogen-bond acceptors (Lipinski definition) is 6. The monoisotopic (exact) mass is 371 g/mol. The van der Waals surface area contributed by atoms with Crippen LogP contribution in [0.1, 0.15) is 31.7 Å². The lowest BCUT2D eigenvalue weighted by atomic mass is 9.99. The first kappa shape index (κ1) is 18.1. The summed E-state index contributed by atoms with van der Waals surface area (Å²) in [5.74, 6) is 7.47. The van der Waals surface area contributed by atoms with Crippen LogP contribution in [0.2, 0.25) is 0 Å². The molecule has 0 radical (unpaired) electrons. The number of furan rings is 1. The highest BCUT2D eigenvalue weighted by atomic mass is 32.2. The molecule has 2 aromatic heterocycles. The zero-order valence-electron chi connectivity index (χ0n) is 14.7.